The van der Waals surface area contributed by atoms with E-state index in [1.165, 1.54) is 25.9 Å². The third kappa shape index (κ3) is 4.93. The topological polar surface area (TPSA) is 48.1 Å². The number of ether oxygens (including phenoxy) is 1. The lowest BCUT2D eigenvalue weighted by atomic mass is 10.0. The van der Waals surface area contributed by atoms with E-state index in [-0.39, 0.29) is 12.1 Å². The maximum absolute atomic E-state index is 12.7. The van der Waals surface area contributed by atoms with Gasteiger partial charge >= 0.3 is 6.03 Å². The van der Waals surface area contributed by atoms with Crippen molar-refractivity contribution in [3.05, 3.63) is 29.8 Å². The molecule has 27 heavy (non-hydrogen) atoms. The number of hydrogen-bond donors (Lipinski definition) is 1. The van der Waals surface area contributed by atoms with Crippen LogP contribution < -0.4 is 10.1 Å². The van der Waals surface area contributed by atoms with Gasteiger partial charge in [0.15, 0.2) is 0 Å². The van der Waals surface area contributed by atoms with Crippen molar-refractivity contribution in [2.24, 2.45) is 0 Å². The van der Waals surface area contributed by atoms with Gasteiger partial charge in [-0.3, -0.25) is 0 Å². The molecule has 6 heteroatoms. The molecule has 1 N–H and O–H groups in total. The first kappa shape index (κ1) is 20.0. The molecule has 1 aromatic carbocycles. The Morgan fingerprint density at radius 2 is 1.85 bits per heavy atom. The molecule has 2 saturated heterocycles. The zero-order chi connectivity index (χ0) is 19.2. The van der Waals surface area contributed by atoms with E-state index in [0.717, 1.165) is 37.2 Å². The van der Waals surface area contributed by atoms with Crippen molar-refractivity contribution in [3.8, 4) is 5.75 Å². The summed E-state index contributed by atoms with van der Waals surface area (Å²) >= 11 is 0. The summed E-state index contributed by atoms with van der Waals surface area (Å²) in [4.78, 5) is 19.4. The van der Waals surface area contributed by atoms with Gasteiger partial charge in [-0.2, -0.15) is 0 Å². The third-order valence-corrected chi connectivity index (χ3v) is 5.98. The summed E-state index contributed by atoms with van der Waals surface area (Å²) in [7, 11) is 5.75. The second-order valence-corrected chi connectivity index (χ2v) is 7.87. The predicted molar refractivity (Wildman–Crippen MR) is 108 cm³/mol. The number of amides is 2. The maximum atomic E-state index is 12.7. The molecule has 0 spiro atoms. The van der Waals surface area contributed by atoms with E-state index >= 15 is 0 Å². The molecule has 6 nitrogen and oxygen atoms in total. The zero-order valence-electron chi connectivity index (χ0n) is 17.0. The SMILES string of the molecule is COc1ccccc1C(CNC(=O)N1CCC(N2CCCC2)CC1)N(C)C. The van der Waals surface area contributed by atoms with Gasteiger partial charge < -0.3 is 24.8 Å². The molecule has 0 aromatic heterocycles. The van der Waals surface area contributed by atoms with Crippen LogP contribution in [0.2, 0.25) is 0 Å². The Kier molecular flexibility index (Phi) is 6.96. The Labute approximate surface area is 163 Å². The van der Waals surface area contributed by atoms with E-state index in [2.05, 4.69) is 21.2 Å². The molecule has 0 radical (unpaired) electrons. The minimum Gasteiger partial charge on any atom is -0.496 e. The van der Waals surface area contributed by atoms with Gasteiger partial charge in [0, 0.05) is 31.2 Å². The molecule has 1 unspecified atom stereocenters. The predicted octanol–water partition coefficient (Wildman–Crippen LogP) is 2.57. The van der Waals surface area contributed by atoms with Crippen molar-refractivity contribution < 1.29 is 9.53 Å². The number of nitrogens with zero attached hydrogens (tertiary/aromatic N) is 3. The largest absolute Gasteiger partial charge is 0.496 e. The lowest BCUT2D eigenvalue weighted by molar-refractivity contribution is 0.132. The molecule has 2 aliphatic heterocycles. The number of para-hydroxylation sites is 1. The molecule has 2 fully saturated rings. The quantitative estimate of drug-likeness (QED) is 0.831. The van der Waals surface area contributed by atoms with E-state index in [0.29, 0.717) is 12.6 Å². The molecule has 0 bridgehead atoms. The fourth-order valence-electron chi connectivity index (χ4n) is 4.35. The molecule has 1 aromatic rings. The number of benzene rings is 1. The van der Waals surface area contributed by atoms with Crippen LogP contribution in [0, 0.1) is 0 Å². The normalized spacial score (nSPS) is 20.1. The maximum Gasteiger partial charge on any atom is 0.317 e. The number of likely N-dealkylation sites (N-methyl/N-ethyl adjacent to an activating group) is 1. The summed E-state index contributed by atoms with van der Waals surface area (Å²) < 4.78 is 5.51. The Hall–Kier alpha value is -1.79. The Bertz CT molecular complexity index is 608. The fraction of sp³-hybridized carbons (Fsp3) is 0.667. The second kappa shape index (κ2) is 9.42. The van der Waals surface area contributed by atoms with Crippen LogP contribution >= 0.6 is 0 Å². The first-order valence-corrected chi connectivity index (χ1v) is 10.2. The number of rotatable bonds is 6. The van der Waals surface area contributed by atoms with Crippen molar-refractivity contribution >= 4 is 6.03 Å². The first-order valence-electron chi connectivity index (χ1n) is 10.2. The van der Waals surface area contributed by atoms with Gasteiger partial charge in [0.05, 0.1) is 13.2 Å². The Morgan fingerprint density at radius 3 is 2.48 bits per heavy atom. The molecule has 3 rings (SSSR count). The van der Waals surface area contributed by atoms with Gasteiger partial charge in [-0.05, 0) is 58.9 Å². The number of urea groups is 1. The number of methoxy groups -OCH3 is 1. The molecule has 150 valence electrons. The minimum atomic E-state index is 0.0524. The number of nitrogens with one attached hydrogen (secondary N) is 1. The summed E-state index contributed by atoms with van der Waals surface area (Å²) in [6.07, 6.45) is 4.85. The highest BCUT2D eigenvalue weighted by atomic mass is 16.5. The summed E-state index contributed by atoms with van der Waals surface area (Å²) in [5.41, 5.74) is 1.10. The van der Waals surface area contributed by atoms with Crippen molar-refractivity contribution in [2.75, 3.05) is 53.9 Å². The van der Waals surface area contributed by atoms with Crippen LogP contribution in [0.15, 0.2) is 24.3 Å². The molecule has 0 aliphatic carbocycles. The number of carbonyl (C=O) groups is 1. The molecule has 2 amide bonds. The van der Waals surface area contributed by atoms with Crippen molar-refractivity contribution in [1.29, 1.82) is 0 Å². The smallest absolute Gasteiger partial charge is 0.317 e. The zero-order valence-corrected chi connectivity index (χ0v) is 17.0. The van der Waals surface area contributed by atoms with Crippen LogP contribution in [-0.2, 0) is 0 Å². The second-order valence-electron chi connectivity index (χ2n) is 7.87. The van der Waals surface area contributed by atoms with Crippen molar-refractivity contribution in [2.45, 2.75) is 37.8 Å². The van der Waals surface area contributed by atoms with E-state index < -0.39 is 0 Å². The lowest BCUT2D eigenvalue weighted by Gasteiger charge is -2.37. The third-order valence-electron chi connectivity index (χ3n) is 5.98. The molecule has 1 atom stereocenters. The standard InChI is InChI=1S/C21H34N4O2/c1-23(2)19(18-8-4-5-9-20(18)27-3)16-22-21(26)25-14-10-17(11-15-25)24-12-6-7-13-24/h4-5,8-9,17,19H,6-7,10-16H2,1-3H3,(H,22,26). The molecule has 0 saturated carbocycles. The highest BCUT2D eigenvalue weighted by molar-refractivity contribution is 5.74. The summed E-state index contributed by atoms with van der Waals surface area (Å²) in [6, 6.07) is 8.81. The molecule has 2 aliphatic rings. The van der Waals surface area contributed by atoms with Gasteiger partial charge in [-0.15, -0.1) is 0 Å². The van der Waals surface area contributed by atoms with Crippen LogP contribution in [-0.4, -0.2) is 80.7 Å². The van der Waals surface area contributed by atoms with E-state index in [1.807, 2.05) is 37.2 Å². The van der Waals surface area contributed by atoms with Gasteiger partial charge in [0.2, 0.25) is 0 Å². The van der Waals surface area contributed by atoms with Gasteiger partial charge in [0.25, 0.3) is 0 Å². The van der Waals surface area contributed by atoms with E-state index in [4.69, 9.17) is 4.74 Å². The molecular weight excluding hydrogens is 340 g/mol. The average molecular weight is 375 g/mol. The highest BCUT2D eigenvalue weighted by Crippen LogP contribution is 2.27. The highest BCUT2D eigenvalue weighted by Gasteiger charge is 2.28. The average Bonchev–Trinajstić information content (AvgIpc) is 3.23. The lowest BCUT2D eigenvalue weighted by Crippen LogP contribution is -2.50. The summed E-state index contributed by atoms with van der Waals surface area (Å²) in [5, 5.41) is 3.14. The van der Waals surface area contributed by atoms with Crippen LogP contribution in [0.1, 0.15) is 37.3 Å². The number of hydrogen-bond acceptors (Lipinski definition) is 4. The number of likely N-dealkylation sites (tertiary alicyclic amines) is 2. The number of carbonyl (C=O) groups excluding carboxylic acids is 1. The minimum absolute atomic E-state index is 0.0524. The Balaban J connectivity index is 1.52. The fourth-order valence-corrected chi connectivity index (χ4v) is 4.35. The first-order chi connectivity index (χ1) is 13.1. The molecular formula is C21H34N4O2. The van der Waals surface area contributed by atoms with E-state index in [9.17, 15) is 4.79 Å². The van der Waals surface area contributed by atoms with Crippen LogP contribution in [0.5, 0.6) is 5.75 Å². The summed E-state index contributed by atoms with van der Waals surface area (Å²) in [6.45, 7) is 4.75. The number of piperidine rings is 1. The monoisotopic (exact) mass is 374 g/mol. The van der Waals surface area contributed by atoms with Gasteiger partial charge in [-0.25, -0.2) is 4.79 Å². The van der Waals surface area contributed by atoms with Crippen LogP contribution in [0.25, 0.3) is 0 Å². The van der Waals surface area contributed by atoms with E-state index in [1.54, 1.807) is 7.11 Å². The van der Waals surface area contributed by atoms with Crippen molar-refractivity contribution in [3.63, 3.8) is 0 Å². The van der Waals surface area contributed by atoms with Crippen LogP contribution in [0.4, 0.5) is 4.79 Å². The Morgan fingerprint density at radius 1 is 1.19 bits per heavy atom. The van der Waals surface area contributed by atoms with Crippen molar-refractivity contribution in [1.82, 2.24) is 20.0 Å². The van der Waals surface area contributed by atoms with Gasteiger partial charge in [-0.1, -0.05) is 18.2 Å². The van der Waals surface area contributed by atoms with Gasteiger partial charge in [0.1, 0.15) is 5.75 Å². The molecule has 2 heterocycles. The summed E-state index contributed by atoms with van der Waals surface area (Å²) in [5.74, 6) is 0.858. The van der Waals surface area contributed by atoms with Crippen LogP contribution in [0.3, 0.4) is 0 Å².